The van der Waals surface area contributed by atoms with E-state index in [-0.39, 0.29) is 18.1 Å². The predicted molar refractivity (Wildman–Crippen MR) is 86.8 cm³/mol. The first-order valence-corrected chi connectivity index (χ1v) is 7.14. The molecule has 120 valence electrons. The van der Waals surface area contributed by atoms with Gasteiger partial charge in [0.25, 0.3) is 11.8 Å². The van der Waals surface area contributed by atoms with Crippen LogP contribution in [0.3, 0.4) is 0 Å². The molecule has 2 amide bonds. The average molecular weight is 313 g/mol. The molecule has 0 saturated heterocycles. The van der Waals surface area contributed by atoms with Gasteiger partial charge in [0, 0.05) is 18.1 Å². The number of nitrogens with zero attached hydrogens (tertiary/aromatic N) is 2. The molecule has 0 aliphatic heterocycles. The Bertz CT molecular complexity index is 693. The third kappa shape index (κ3) is 4.50. The van der Waals surface area contributed by atoms with E-state index in [0.717, 1.165) is 16.8 Å². The van der Waals surface area contributed by atoms with Crippen LogP contribution >= 0.6 is 0 Å². The third-order valence-electron chi connectivity index (χ3n) is 3.21. The molecule has 0 atom stereocenters. The number of carbonyl (C=O) groups excluding carboxylic acids is 2. The van der Waals surface area contributed by atoms with Crippen LogP contribution in [0.15, 0.2) is 30.7 Å². The molecule has 0 bridgehead atoms. The molecule has 0 saturated carbocycles. The summed E-state index contributed by atoms with van der Waals surface area (Å²) in [4.78, 5) is 31.2. The van der Waals surface area contributed by atoms with E-state index < -0.39 is 5.91 Å². The van der Waals surface area contributed by atoms with Crippen molar-refractivity contribution in [3.63, 3.8) is 0 Å². The van der Waals surface area contributed by atoms with E-state index in [1.165, 1.54) is 24.2 Å². The summed E-state index contributed by atoms with van der Waals surface area (Å²) >= 11 is 0. The maximum atomic E-state index is 11.8. The summed E-state index contributed by atoms with van der Waals surface area (Å²) in [7, 11) is 0. The number of benzene rings is 1. The monoisotopic (exact) mass is 313 g/mol. The molecule has 0 radical (unpaired) electrons. The van der Waals surface area contributed by atoms with E-state index in [1.807, 2.05) is 32.9 Å². The molecule has 1 aromatic heterocycles. The Morgan fingerprint density at radius 3 is 2.35 bits per heavy atom. The number of aryl methyl sites for hydroxylation is 3. The summed E-state index contributed by atoms with van der Waals surface area (Å²) in [5.74, 6) is -0.879. The fraction of sp³-hybridized carbons (Fsp3) is 0.250. The third-order valence-corrected chi connectivity index (χ3v) is 3.21. The van der Waals surface area contributed by atoms with Crippen LogP contribution in [0.5, 0.6) is 0 Å². The van der Waals surface area contributed by atoms with Gasteiger partial charge in [0.05, 0.1) is 12.7 Å². The second-order valence-corrected chi connectivity index (χ2v) is 5.22. The highest BCUT2D eigenvalue weighted by Gasteiger charge is 2.09. The second kappa shape index (κ2) is 7.35. The molecule has 7 heteroatoms. The zero-order chi connectivity index (χ0) is 16.8. The molecular formula is C16H19N5O2. The number of nitrogens with one attached hydrogen (secondary N) is 3. The minimum atomic E-state index is -0.519. The summed E-state index contributed by atoms with van der Waals surface area (Å²) in [5, 5.41) is 3.08. The van der Waals surface area contributed by atoms with Gasteiger partial charge in [-0.3, -0.25) is 25.4 Å². The lowest BCUT2D eigenvalue weighted by Crippen LogP contribution is -2.44. The minimum absolute atomic E-state index is 0.0471. The highest BCUT2D eigenvalue weighted by Crippen LogP contribution is 2.21. The van der Waals surface area contributed by atoms with Gasteiger partial charge in [-0.1, -0.05) is 17.7 Å². The van der Waals surface area contributed by atoms with Gasteiger partial charge in [-0.2, -0.15) is 0 Å². The quantitative estimate of drug-likeness (QED) is 0.739. The molecule has 2 rings (SSSR count). The maximum absolute atomic E-state index is 11.8. The van der Waals surface area contributed by atoms with Gasteiger partial charge in [0.2, 0.25) is 0 Å². The zero-order valence-electron chi connectivity index (χ0n) is 13.3. The number of hydrogen-bond acceptors (Lipinski definition) is 5. The van der Waals surface area contributed by atoms with Gasteiger partial charge in [0.1, 0.15) is 5.69 Å². The molecule has 1 heterocycles. The normalized spacial score (nSPS) is 10.0. The Morgan fingerprint density at radius 1 is 1.04 bits per heavy atom. The maximum Gasteiger partial charge on any atom is 0.289 e. The topological polar surface area (TPSA) is 96.0 Å². The first-order chi connectivity index (χ1) is 11.0. The number of rotatable bonds is 4. The average Bonchev–Trinajstić information content (AvgIpc) is 2.52. The van der Waals surface area contributed by atoms with E-state index in [9.17, 15) is 9.59 Å². The molecule has 3 N–H and O–H groups in total. The lowest BCUT2D eigenvalue weighted by Gasteiger charge is -2.14. The Hall–Kier alpha value is -2.96. The number of hydrogen-bond donors (Lipinski definition) is 3. The summed E-state index contributed by atoms with van der Waals surface area (Å²) in [6.45, 7) is 6.04. The van der Waals surface area contributed by atoms with Crippen LogP contribution in [0.1, 0.15) is 27.2 Å². The van der Waals surface area contributed by atoms with E-state index in [4.69, 9.17) is 0 Å². The Balaban J connectivity index is 1.85. The van der Waals surface area contributed by atoms with E-state index >= 15 is 0 Å². The van der Waals surface area contributed by atoms with Crippen LogP contribution in [-0.2, 0) is 4.79 Å². The SMILES string of the molecule is Cc1cc(C)c(NCC(=O)NNC(=O)c2cnccn2)c(C)c1. The summed E-state index contributed by atoms with van der Waals surface area (Å²) < 4.78 is 0. The lowest BCUT2D eigenvalue weighted by molar-refractivity contribution is -0.120. The molecule has 1 aromatic carbocycles. The van der Waals surface area contributed by atoms with E-state index in [2.05, 4.69) is 26.1 Å². The van der Waals surface area contributed by atoms with Crippen molar-refractivity contribution in [2.45, 2.75) is 20.8 Å². The first kappa shape index (κ1) is 16.4. The summed E-state index contributed by atoms with van der Waals surface area (Å²) in [6, 6.07) is 4.09. The van der Waals surface area contributed by atoms with Crippen LogP contribution in [0.25, 0.3) is 0 Å². The van der Waals surface area contributed by atoms with E-state index in [1.54, 1.807) is 0 Å². The standard InChI is InChI=1S/C16H19N5O2/c1-10-6-11(2)15(12(3)7-10)19-9-14(22)20-21-16(23)13-8-17-4-5-18-13/h4-8,19H,9H2,1-3H3,(H,20,22)(H,21,23). The fourth-order valence-electron chi connectivity index (χ4n) is 2.28. The lowest BCUT2D eigenvalue weighted by atomic mass is 10.1. The second-order valence-electron chi connectivity index (χ2n) is 5.22. The highest BCUT2D eigenvalue weighted by molar-refractivity contribution is 5.93. The van der Waals surface area contributed by atoms with Gasteiger partial charge in [0.15, 0.2) is 0 Å². The number of anilines is 1. The Morgan fingerprint density at radius 2 is 1.74 bits per heavy atom. The number of carbonyl (C=O) groups is 2. The zero-order valence-corrected chi connectivity index (χ0v) is 13.3. The predicted octanol–water partition coefficient (Wildman–Crippen LogP) is 1.27. The van der Waals surface area contributed by atoms with Gasteiger partial charge in [-0.25, -0.2) is 4.98 Å². The van der Waals surface area contributed by atoms with Crippen molar-refractivity contribution in [1.29, 1.82) is 0 Å². The summed E-state index contributed by atoms with van der Waals surface area (Å²) in [5.41, 5.74) is 8.99. The van der Waals surface area contributed by atoms with E-state index in [0.29, 0.717) is 0 Å². The molecule has 7 nitrogen and oxygen atoms in total. The largest absolute Gasteiger partial charge is 0.376 e. The fourth-order valence-corrected chi connectivity index (χ4v) is 2.28. The van der Waals surface area contributed by atoms with Crippen LogP contribution < -0.4 is 16.2 Å². The van der Waals surface area contributed by atoms with Crippen molar-refractivity contribution >= 4 is 17.5 Å². The van der Waals surface area contributed by atoms with Gasteiger partial charge >= 0.3 is 0 Å². The molecule has 0 unspecified atom stereocenters. The number of hydrazine groups is 1. The Labute approximate surface area is 134 Å². The number of aromatic nitrogens is 2. The minimum Gasteiger partial charge on any atom is -0.376 e. The van der Waals surface area contributed by atoms with Crippen molar-refractivity contribution in [1.82, 2.24) is 20.8 Å². The molecule has 2 aromatic rings. The van der Waals surface area contributed by atoms with Crippen LogP contribution in [0.2, 0.25) is 0 Å². The van der Waals surface area contributed by atoms with Crippen molar-refractivity contribution in [3.05, 3.63) is 53.1 Å². The van der Waals surface area contributed by atoms with Gasteiger partial charge < -0.3 is 5.32 Å². The van der Waals surface area contributed by atoms with Crippen LogP contribution in [0.4, 0.5) is 5.69 Å². The van der Waals surface area contributed by atoms with Crippen molar-refractivity contribution in [2.24, 2.45) is 0 Å². The molecule has 0 fully saturated rings. The van der Waals surface area contributed by atoms with Crippen molar-refractivity contribution in [3.8, 4) is 0 Å². The molecule has 0 spiro atoms. The van der Waals surface area contributed by atoms with Gasteiger partial charge in [-0.15, -0.1) is 0 Å². The van der Waals surface area contributed by atoms with Crippen LogP contribution in [-0.4, -0.2) is 28.3 Å². The molecular weight excluding hydrogens is 294 g/mol. The van der Waals surface area contributed by atoms with Crippen molar-refractivity contribution in [2.75, 3.05) is 11.9 Å². The van der Waals surface area contributed by atoms with Crippen molar-refractivity contribution < 1.29 is 9.59 Å². The molecule has 0 aliphatic rings. The highest BCUT2D eigenvalue weighted by atomic mass is 16.2. The molecule has 0 aliphatic carbocycles. The first-order valence-electron chi connectivity index (χ1n) is 7.14. The molecule has 23 heavy (non-hydrogen) atoms. The Kier molecular flexibility index (Phi) is 5.24. The number of amides is 2. The van der Waals surface area contributed by atoms with Crippen LogP contribution in [0, 0.1) is 20.8 Å². The summed E-state index contributed by atoms with van der Waals surface area (Å²) in [6.07, 6.45) is 4.19. The smallest absolute Gasteiger partial charge is 0.289 e. The van der Waals surface area contributed by atoms with Gasteiger partial charge in [-0.05, 0) is 31.9 Å².